The summed E-state index contributed by atoms with van der Waals surface area (Å²) in [6, 6.07) is 6.47. The van der Waals surface area contributed by atoms with Crippen LogP contribution in [0.1, 0.15) is 36.8 Å². The number of benzene rings is 1. The van der Waals surface area contributed by atoms with Gasteiger partial charge in [0, 0.05) is 18.3 Å². The zero-order valence-corrected chi connectivity index (χ0v) is 9.58. The number of ether oxygens (including phenoxy) is 1. The van der Waals surface area contributed by atoms with Crippen LogP contribution in [0.3, 0.4) is 0 Å². The Bertz CT molecular complexity index is 392. The molecule has 80 valence electrons. The van der Waals surface area contributed by atoms with Crippen LogP contribution in [-0.2, 0) is 0 Å². The van der Waals surface area contributed by atoms with E-state index >= 15 is 0 Å². The summed E-state index contributed by atoms with van der Waals surface area (Å²) < 4.78 is 5.41. The molecule has 2 heteroatoms. The summed E-state index contributed by atoms with van der Waals surface area (Å²) in [6.07, 6.45) is 2.65. The minimum Gasteiger partial charge on any atom is -0.496 e. The van der Waals surface area contributed by atoms with Gasteiger partial charge in [-0.2, -0.15) is 0 Å². The van der Waals surface area contributed by atoms with E-state index in [0.29, 0.717) is 0 Å². The van der Waals surface area contributed by atoms with Crippen molar-refractivity contribution < 1.29 is 4.74 Å². The molecule has 0 bridgehead atoms. The van der Waals surface area contributed by atoms with E-state index in [1.54, 1.807) is 7.11 Å². The van der Waals surface area contributed by atoms with E-state index in [1.807, 2.05) is 14.0 Å². The quantitative estimate of drug-likeness (QED) is 0.692. The molecule has 0 radical (unpaired) electrons. The van der Waals surface area contributed by atoms with Crippen molar-refractivity contribution in [3.63, 3.8) is 0 Å². The number of hydrogen-bond acceptors (Lipinski definition) is 2. The first-order chi connectivity index (χ1) is 7.26. The molecule has 2 rings (SSSR count). The third-order valence-corrected chi connectivity index (χ3v) is 3.00. The lowest BCUT2D eigenvalue weighted by Gasteiger charge is -2.09. The smallest absolute Gasteiger partial charge is 0.128 e. The fourth-order valence-corrected chi connectivity index (χ4v) is 1.80. The van der Waals surface area contributed by atoms with Crippen LogP contribution in [0, 0.1) is 0 Å². The van der Waals surface area contributed by atoms with Crippen molar-refractivity contribution in [1.29, 1.82) is 0 Å². The maximum atomic E-state index is 5.41. The van der Waals surface area contributed by atoms with Gasteiger partial charge in [0.05, 0.1) is 7.11 Å². The van der Waals surface area contributed by atoms with Crippen molar-refractivity contribution in [2.75, 3.05) is 14.2 Å². The Morgan fingerprint density at radius 3 is 2.67 bits per heavy atom. The lowest BCUT2D eigenvalue weighted by atomic mass is 10.0. The Hall–Kier alpha value is -1.31. The molecule has 0 heterocycles. The van der Waals surface area contributed by atoms with Crippen molar-refractivity contribution in [3.05, 3.63) is 29.3 Å². The molecule has 1 aromatic rings. The van der Waals surface area contributed by atoms with Crippen molar-refractivity contribution >= 4 is 5.71 Å². The lowest BCUT2D eigenvalue weighted by Crippen LogP contribution is -1.99. The van der Waals surface area contributed by atoms with E-state index in [2.05, 4.69) is 23.2 Å². The van der Waals surface area contributed by atoms with Gasteiger partial charge < -0.3 is 4.74 Å². The van der Waals surface area contributed by atoms with Crippen molar-refractivity contribution in [1.82, 2.24) is 0 Å². The highest BCUT2D eigenvalue weighted by atomic mass is 16.5. The van der Waals surface area contributed by atoms with E-state index in [4.69, 9.17) is 4.74 Å². The molecule has 1 aliphatic carbocycles. The highest BCUT2D eigenvalue weighted by Gasteiger charge is 2.24. The summed E-state index contributed by atoms with van der Waals surface area (Å²) in [5.41, 5.74) is 3.53. The highest BCUT2D eigenvalue weighted by Crippen LogP contribution is 2.41. The molecule has 0 unspecified atom stereocenters. The van der Waals surface area contributed by atoms with Gasteiger partial charge in [0.1, 0.15) is 5.75 Å². The van der Waals surface area contributed by atoms with Crippen molar-refractivity contribution in [3.8, 4) is 5.75 Å². The Morgan fingerprint density at radius 2 is 2.13 bits per heavy atom. The number of methoxy groups -OCH3 is 1. The molecule has 15 heavy (non-hydrogen) atoms. The highest BCUT2D eigenvalue weighted by molar-refractivity contribution is 6.01. The summed E-state index contributed by atoms with van der Waals surface area (Å²) in [4.78, 5) is 4.19. The molecule has 2 nitrogen and oxygen atoms in total. The molecule has 0 spiro atoms. The third-order valence-electron chi connectivity index (χ3n) is 3.00. The zero-order valence-electron chi connectivity index (χ0n) is 9.58. The minimum absolute atomic E-state index is 0.770. The van der Waals surface area contributed by atoms with Crippen molar-refractivity contribution in [2.45, 2.75) is 25.7 Å². The van der Waals surface area contributed by atoms with Crippen LogP contribution in [0.4, 0.5) is 0 Å². The van der Waals surface area contributed by atoms with E-state index in [9.17, 15) is 0 Å². The molecule has 0 saturated heterocycles. The van der Waals surface area contributed by atoms with Crippen LogP contribution >= 0.6 is 0 Å². The second-order valence-corrected chi connectivity index (χ2v) is 4.04. The predicted molar refractivity (Wildman–Crippen MR) is 63.1 cm³/mol. The van der Waals surface area contributed by atoms with Gasteiger partial charge in [-0.25, -0.2) is 0 Å². The van der Waals surface area contributed by atoms with Gasteiger partial charge in [-0.05, 0) is 43.4 Å². The Morgan fingerprint density at radius 1 is 1.40 bits per heavy atom. The first kappa shape index (κ1) is 10.2. The second kappa shape index (κ2) is 4.05. The van der Waals surface area contributed by atoms with Gasteiger partial charge in [0.2, 0.25) is 0 Å². The van der Waals surface area contributed by atoms with Crippen LogP contribution < -0.4 is 4.74 Å². The number of aliphatic imine (C=N–C) groups is 1. The number of rotatable bonds is 3. The normalized spacial score (nSPS) is 16.6. The van der Waals surface area contributed by atoms with E-state index in [1.165, 1.54) is 18.4 Å². The monoisotopic (exact) mass is 203 g/mol. The van der Waals surface area contributed by atoms with Crippen LogP contribution in [0.15, 0.2) is 23.2 Å². The Balaban J connectivity index is 2.38. The largest absolute Gasteiger partial charge is 0.496 e. The Labute approximate surface area is 91.0 Å². The van der Waals surface area contributed by atoms with E-state index in [0.717, 1.165) is 22.9 Å². The molecule has 1 aromatic carbocycles. The van der Waals surface area contributed by atoms with Gasteiger partial charge in [-0.3, -0.25) is 4.99 Å². The topological polar surface area (TPSA) is 21.6 Å². The molecule has 0 atom stereocenters. The summed E-state index contributed by atoms with van der Waals surface area (Å²) in [5, 5.41) is 0. The Kier molecular flexibility index (Phi) is 2.76. The number of hydrogen-bond donors (Lipinski definition) is 0. The molecular weight excluding hydrogens is 186 g/mol. The molecule has 1 saturated carbocycles. The molecule has 0 aliphatic heterocycles. The molecule has 0 N–H and O–H groups in total. The van der Waals surface area contributed by atoms with E-state index < -0.39 is 0 Å². The summed E-state index contributed by atoms with van der Waals surface area (Å²) >= 11 is 0. The van der Waals surface area contributed by atoms with Crippen LogP contribution in [-0.4, -0.2) is 19.9 Å². The lowest BCUT2D eigenvalue weighted by molar-refractivity contribution is 0.413. The SMILES string of the molecule is CN=C(C)c1ccc(C2CC2)cc1OC. The minimum atomic E-state index is 0.770. The summed E-state index contributed by atoms with van der Waals surface area (Å²) in [7, 11) is 3.53. The van der Waals surface area contributed by atoms with Gasteiger partial charge in [0.25, 0.3) is 0 Å². The molecule has 0 aromatic heterocycles. The third kappa shape index (κ3) is 2.04. The van der Waals surface area contributed by atoms with Gasteiger partial charge in [-0.15, -0.1) is 0 Å². The standard InChI is InChI=1S/C13H17NO/c1-9(14-2)12-7-6-11(10-4-5-10)8-13(12)15-3/h6-8,10H,4-5H2,1-3H3. The van der Waals surface area contributed by atoms with Crippen LogP contribution in [0.2, 0.25) is 0 Å². The fourth-order valence-electron chi connectivity index (χ4n) is 1.80. The van der Waals surface area contributed by atoms with Crippen molar-refractivity contribution in [2.24, 2.45) is 4.99 Å². The fraction of sp³-hybridized carbons (Fsp3) is 0.462. The second-order valence-electron chi connectivity index (χ2n) is 4.04. The predicted octanol–water partition coefficient (Wildman–Crippen LogP) is 3.01. The van der Waals surface area contributed by atoms with Crippen LogP contribution in [0.5, 0.6) is 5.75 Å². The molecule has 0 amide bonds. The average Bonchev–Trinajstić information content (AvgIpc) is 3.11. The molecule has 1 aliphatic rings. The average molecular weight is 203 g/mol. The maximum absolute atomic E-state index is 5.41. The maximum Gasteiger partial charge on any atom is 0.128 e. The first-order valence-corrected chi connectivity index (χ1v) is 5.38. The molecular formula is C13H17NO. The summed E-state index contributed by atoms with van der Waals surface area (Å²) in [6.45, 7) is 2.01. The molecule has 1 fully saturated rings. The van der Waals surface area contributed by atoms with Gasteiger partial charge in [-0.1, -0.05) is 6.07 Å². The van der Waals surface area contributed by atoms with Crippen LogP contribution in [0.25, 0.3) is 0 Å². The van der Waals surface area contributed by atoms with Gasteiger partial charge in [0.15, 0.2) is 0 Å². The zero-order chi connectivity index (χ0) is 10.8. The van der Waals surface area contributed by atoms with E-state index in [-0.39, 0.29) is 0 Å². The number of nitrogens with zero attached hydrogens (tertiary/aromatic N) is 1. The first-order valence-electron chi connectivity index (χ1n) is 5.38. The van der Waals surface area contributed by atoms with Gasteiger partial charge >= 0.3 is 0 Å². The summed E-state index contributed by atoms with van der Waals surface area (Å²) in [5.74, 6) is 1.72.